The Labute approximate surface area is 321 Å². The smallest absolute Gasteiger partial charge is 0.313 e. The number of hydrogen-bond donors (Lipinski definition) is 2. The number of nitrogens with zero attached hydrogens (tertiary/aromatic N) is 2. The number of hydrogen-bond acceptors (Lipinski definition) is 7. The molecule has 0 aromatic heterocycles. The van der Waals surface area contributed by atoms with Gasteiger partial charge < -0.3 is 29.7 Å². The molecular formula is C44H59N3O7. The lowest BCUT2D eigenvalue weighted by Crippen LogP contribution is -2.62. The molecule has 0 aliphatic carbocycles. The summed E-state index contributed by atoms with van der Waals surface area (Å²) in [6, 6.07) is 16.3. The maximum Gasteiger partial charge on any atom is 0.313 e. The zero-order valence-electron chi connectivity index (χ0n) is 32.8. The van der Waals surface area contributed by atoms with Crippen LogP contribution in [0.3, 0.4) is 0 Å². The molecular weight excluding hydrogens is 682 g/mol. The summed E-state index contributed by atoms with van der Waals surface area (Å²) in [5.41, 5.74) is -0.470. The van der Waals surface area contributed by atoms with E-state index >= 15 is 9.59 Å². The Hall–Kier alpha value is -4.28. The van der Waals surface area contributed by atoms with Gasteiger partial charge in [-0.1, -0.05) is 93.6 Å². The molecule has 1 spiro atoms. The van der Waals surface area contributed by atoms with Crippen molar-refractivity contribution in [3.63, 3.8) is 0 Å². The van der Waals surface area contributed by atoms with Gasteiger partial charge in [-0.3, -0.25) is 19.2 Å². The highest BCUT2D eigenvalue weighted by Crippen LogP contribution is 2.59. The molecule has 5 rings (SSSR count). The normalized spacial score (nSPS) is 25.0. The van der Waals surface area contributed by atoms with Gasteiger partial charge >= 0.3 is 5.97 Å². The molecule has 3 fully saturated rings. The van der Waals surface area contributed by atoms with Crippen LogP contribution < -0.4 is 5.32 Å². The SMILES string of the molecule is C=CCCC(=O)N[C@H](C)[C@@H](OC(=O)[C@@H]1[C@H]2C(=O)N([C@@H](CO)Cc3ccccc3)[C@H](C(=O)N(CC=C)C(C)(C)CC(C)(C)C)[C@]23CC[C@H]1O3)c1ccccc1. The van der Waals surface area contributed by atoms with Crippen molar-refractivity contribution >= 4 is 23.7 Å². The number of carbonyl (C=O) groups excluding carboxylic acids is 4. The maximum atomic E-state index is 15.3. The van der Waals surface area contributed by atoms with E-state index in [1.807, 2.05) is 74.5 Å². The standard InChI is InChI=1S/C44H59N3O7/c1-9-11-22-34(49)45-29(3)37(31-20-16-13-17-21-31)53-41(52)35-33-23-24-44(54-33)36(35)39(50)47(32(27-48)26-30-18-14-12-15-19-30)38(44)40(51)46(25-10-2)43(7,8)28-42(4,5)6/h9-10,12-21,29,32-33,35-38,48H,1-2,11,22-28H2,3-8H3,(H,45,49)/t29-,32-,33-,35+,36+,37-,38-,44+/m1/s1. The molecule has 8 atom stereocenters. The quantitative estimate of drug-likeness (QED) is 0.152. The van der Waals surface area contributed by atoms with E-state index in [-0.39, 0.29) is 30.2 Å². The predicted molar refractivity (Wildman–Crippen MR) is 208 cm³/mol. The molecule has 3 heterocycles. The number of allylic oxidation sites excluding steroid dienone is 1. The van der Waals surface area contributed by atoms with Crippen molar-refractivity contribution in [3.8, 4) is 0 Å². The second kappa shape index (κ2) is 16.6. The molecule has 0 saturated carbocycles. The summed E-state index contributed by atoms with van der Waals surface area (Å²) in [4.78, 5) is 61.0. The third kappa shape index (κ3) is 8.35. The lowest BCUT2D eigenvalue weighted by atomic mass is 9.70. The topological polar surface area (TPSA) is 125 Å². The first-order chi connectivity index (χ1) is 25.6. The van der Waals surface area contributed by atoms with Crippen molar-refractivity contribution in [2.75, 3.05) is 13.2 Å². The van der Waals surface area contributed by atoms with Crippen LogP contribution in [-0.4, -0.2) is 87.1 Å². The first kappa shape index (κ1) is 40.9. The van der Waals surface area contributed by atoms with Crippen LogP contribution in [0.2, 0.25) is 0 Å². The van der Waals surface area contributed by atoms with Crippen molar-refractivity contribution < 1.29 is 33.8 Å². The van der Waals surface area contributed by atoms with Crippen LogP contribution >= 0.6 is 0 Å². The van der Waals surface area contributed by atoms with Crippen LogP contribution in [-0.2, 0) is 35.1 Å². The number of amides is 3. The highest BCUT2D eigenvalue weighted by molar-refractivity contribution is 5.98. The summed E-state index contributed by atoms with van der Waals surface area (Å²) in [6.45, 7) is 19.7. The summed E-state index contributed by atoms with van der Waals surface area (Å²) in [5, 5.41) is 13.9. The number of likely N-dealkylation sites (tertiary alicyclic amines) is 1. The first-order valence-electron chi connectivity index (χ1n) is 19.3. The minimum Gasteiger partial charge on any atom is -0.455 e. The number of rotatable bonds is 17. The molecule has 0 radical (unpaired) electrons. The lowest BCUT2D eigenvalue weighted by molar-refractivity contribution is -0.163. The Kier molecular flexibility index (Phi) is 12.6. The zero-order valence-corrected chi connectivity index (χ0v) is 32.8. The zero-order chi connectivity index (χ0) is 39.4. The van der Waals surface area contributed by atoms with Gasteiger partial charge in [-0.25, -0.2) is 0 Å². The Bertz CT molecular complexity index is 1670. The molecule has 0 unspecified atom stereocenters. The third-order valence-corrected chi connectivity index (χ3v) is 11.2. The summed E-state index contributed by atoms with van der Waals surface area (Å²) >= 11 is 0. The Morgan fingerprint density at radius 3 is 2.30 bits per heavy atom. The Morgan fingerprint density at radius 2 is 1.70 bits per heavy atom. The van der Waals surface area contributed by atoms with E-state index < -0.39 is 71.8 Å². The van der Waals surface area contributed by atoms with Gasteiger partial charge in [-0.05, 0) is 69.4 Å². The van der Waals surface area contributed by atoms with Gasteiger partial charge in [0.05, 0.1) is 36.6 Å². The highest BCUT2D eigenvalue weighted by atomic mass is 16.6. The minimum atomic E-state index is -1.31. The van der Waals surface area contributed by atoms with Gasteiger partial charge in [0.1, 0.15) is 17.7 Å². The van der Waals surface area contributed by atoms with E-state index in [0.29, 0.717) is 37.7 Å². The average molecular weight is 742 g/mol. The average Bonchev–Trinajstić information content (AvgIpc) is 3.77. The highest BCUT2D eigenvalue weighted by Gasteiger charge is 2.76. The van der Waals surface area contributed by atoms with Crippen molar-refractivity contribution in [1.82, 2.24) is 15.1 Å². The summed E-state index contributed by atoms with van der Waals surface area (Å²) in [5.74, 6) is -3.51. The second-order valence-electron chi connectivity index (χ2n) is 17.1. The fraction of sp³-hybridized carbons (Fsp3) is 0.545. The second-order valence-corrected chi connectivity index (χ2v) is 17.1. The van der Waals surface area contributed by atoms with Gasteiger partial charge in [0.2, 0.25) is 17.7 Å². The molecule has 10 nitrogen and oxygen atoms in total. The van der Waals surface area contributed by atoms with E-state index in [1.165, 1.54) is 4.90 Å². The number of aliphatic hydroxyl groups excluding tert-OH is 1. The molecule has 2 N–H and O–H groups in total. The number of esters is 1. The van der Waals surface area contributed by atoms with Gasteiger partial charge in [0.25, 0.3) is 0 Å². The molecule has 3 amide bonds. The fourth-order valence-corrected chi connectivity index (χ4v) is 9.41. The van der Waals surface area contributed by atoms with Crippen molar-refractivity contribution in [2.24, 2.45) is 17.3 Å². The van der Waals surface area contributed by atoms with Crippen LogP contribution in [0, 0.1) is 17.3 Å². The minimum absolute atomic E-state index is 0.120. The number of carbonyl (C=O) groups is 4. The van der Waals surface area contributed by atoms with Gasteiger partial charge in [0.15, 0.2) is 0 Å². The van der Waals surface area contributed by atoms with Crippen LogP contribution in [0.15, 0.2) is 86.0 Å². The molecule has 54 heavy (non-hydrogen) atoms. The van der Waals surface area contributed by atoms with Crippen molar-refractivity contribution in [1.29, 1.82) is 0 Å². The summed E-state index contributed by atoms with van der Waals surface area (Å²) in [6.07, 6.45) is 4.46. The van der Waals surface area contributed by atoms with Crippen LogP contribution in [0.1, 0.15) is 90.9 Å². The van der Waals surface area contributed by atoms with Gasteiger partial charge in [-0.15, -0.1) is 13.2 Å². The molecule has 292 valence electrons. The molecule has 3 aliphatic heterocycles. The number of benzene rings is 2. The largest absolute Gasteiger partial charge is 0.455 e. The third-order valence-electron chi connectivity index (χ3n) is 11.2. The Balaban J connectivity index is 1.55. The summed E-state index contributed by atoms with van der Waals surface area (Å²) in [7, 11) is 0. The molecule has 2 aromatic rings. The molecule has 3 aliphatic rings. The monoisotopic (exact) mass is 741 g/mol. The predicted octanol–water partition coefficient (Wildman–Crippen LogP) is 5.95. The molecule has 2 aromatic carbocycles. The van der Waals surface area contributed by atoms with Crippen LogP contribution in [0.25, 0.3) is 0 Å². The Morgan fingerprint density at radius 1 is 1.06 bits per heavy atom. The molecule has 2 bridgehead atoms. The van der Waals surface area contributed by atoms with E-state index in [1.54, 1.807) is 24.0 Å². The first-order valence-corrected chi connectivity index (χ1v) is 19.3. The summed E-state index contributed by atoms with van der Waals surface area (Å²) < 4.78 is 13.1. The lowest BCUT2D eigenvalue weighted by Gasteiger charge is -2.46. The number of aliphatic hydroxyl groups is 1. The maximum absolute atomic E-state index is 15.3. The molecule has 10 heteroatoms. The fourth-order valence-electron chi connectivity index (χ4n) is 9.41. The van der Waals surface area contributed by atoms with E-state index in [9.17, 15) is 14.7 Å². The molecule has 3 saturated heterocycles. The number of fused-ring (bicyclic) bond motifs is 1. The number of nitrogens with one attached hydrogen (secondary N) is 1. The van der Waals surface area contributed by atoms with Crippen molar-refractivity contribution in [2.45, 2.75) is 122 Å². The number of ether oxygens (including phenoxy) is 2. The van der Waals surface area contributed by atoms with Crippen LogP contribution in [0.4, 0.5) is 0 Å². The van der Waals surface area contributed by atoms with E-state index in [4.69, 9.17) is 9.47 Å². The van der Waals surface area contributed by atoms with Crippen molar-refractivity contribution in [3.05, 3.63) is 97.1 Å². The van der Waals surface area contributed by atoms with Crippen LogP contribution in [0.5, 0.6) is 0 Å². The van der Waals surface area contributed by atoms with E-state index in [0.717, 1.165) is 5.56 Å². The van der Waals surface area contributed by atoms with Gasteiger partial charge in [0, 0.05) is 18.5 Å². The van der Waals surface area contributed by atoms with E-state index in [2.05, 4.69) is 39.2 Å². The van der Waals surface area contributed by atoms with Gasteiger partial charge in [-0.2, -0.15) is 0 Å².